The maximum Gasteiger partial charge on any atom is 0.247 e. The number of fused-ring (bicyclic) bond motifs is 3. The van der Waals surface area contributed by atoms with Crippen molar-refractivity contribution in [1.82, 2.24) is 20.2 Å². The van der Waals surface area contributed by atoms with Crippen LogP contribution in [-0.4, -0.2) is 25.9 Å². The van der Waals surface area contributed by atoms with E-state index in [0.29, 0.717) is 22.5 Å². The summed E-state index contributed by atoms with van der Waals surface area (Å²) in [5.74, 6) is 1.17. The standard InChI is InChI=1S/C18H15N5OS/c1-2-11-25-18-21-17-15(22-23-18)13-5-3-4-6-14(13)20-16(24-17)12-7-9-19-10-8-12/h2-10,16,20H,1,11H2. The topological polar surface area (TPSA) is 72.8 Å². The number of para-hydroxylation sites is 1. The van der Waals surface area contributed by atoms with E-state index in [0.717, 1.165) is 16.8 Å². The van der Waals surface area contributed by atoms with Crippen LogP contribution in [0.3, 0.4) is 0 Å². The van der Waals surface area contributed by atoms with Gasteiger partial charge in [-0.05, 0) is 18.2 Å². The molecule has 0 bridgehead atoms. The lowest BCUT2D eigenvalue weighted by Crippen LogP contribution is -2.17. The predicted molar refractivity (Wildman–Crippen MR) is 97.4 cm³/mol. The number of hydrogen-bond donors (Lipinski definition) is 1. The number of pyridine rings is 1. The first-order chi connectivity index (χ1) is 12.3. The van der Waals surface area contributed by atoms with Crippen molar-refractivity contribution in [2.75, 3.05) is 11.1 Å². The van der Waals surface area contributed by atoms with Crippen molar-refractivity contribution in [2.24, 2.45) is 0 Å². The van der Waals surface area contributed by atoms with Crippen LogP contribution in [0.15, 0.2) is 66.6 Å². The number of thioether (sulfide) groups is 1. The van der Waals surface area contributed by atoms with Gasteiger partial charge in [-0.3, -0.25) is 4.98 Å². The molecule has 1 N–H and O–H groups in total. The Morgan fingerprint density at radius 1 is 1.16 bits per heavy atom. The van der Waals surface area contributed by atoms with Crippen LogP contribution in [0.4, 0.5) is 5.69 Å². The summed E-state index contributed by atoms with van der Waals surface area (Å²) in [6.45, 7) is 3.72. The van der Waals surface area contributed by atoms with Crippen molar-refractivity contribution in [2.45, 2.75) is 11.4 Å². The van der Waals surface area contributed by atoms with Gasteiger partial charge in [-0.1, -0.05) is 36.0 Å². The maximum absolute atomic E-state index is 6.15. The first kappa shape index (κ1) is 15.6. The highest BCUT2D eigenvalue weighted by Gasteiger charge is 2.25. The molecule has 1 aliphatic rings. The summed E-state index contributed by atoms with van der Waals surface area (Å²) in [6, 6.07) is 11.7. The maximum atomic E-state index is 6.15. The Labute approximate surface area is 149 Å². The average Bonchev–Trinajstić information content (AvgIpc) is 2.83. The van der Waals surface area contributed by atoms with E-state index in [1.165, 1.54) is 11.8 Å². The highest BCUT2D eigenvalue weighted by Crippen LogP contribution is 2.39. The first-order valence-electron chi connectivity index (χ1n) is 7.76. The van der Waals surface area contributed by atoms with Crippen molar-refractivity contribution in [3.63, 3.8) is 0 Å². The molecule has 1 unspecified atom stereocenters. The summed E-state index contributed by atoms with van der Waals surface area (Å²) in [7, 11) is 0. The predicted octanol–water partition coefficient (Wildman–Crippen LogP) is 3.71. The third-order valence-electron chi connectivity index (χ3n) is 3.67. The van der Waals surface area contributed by atoms with Gasteiger partial charge in [0.15, 0.2) is 11.9 Å². The van der Waals surface area contributed by atoms with Crippen LogP contribution in [-0.2, 0) is 0 Å². The molecule has 0 radical (unpaired) electrons. The van der Waals surface area contributed by atoms with Gasteiger partial charge in [0.25, 0.3) is 0 Å². The van der Waals surface area contributed by atoms with Crippen molar-refractivity contribution >= 4 is 17.4 Å². The summed E-state index contributed by atoms with van der Waals surface area (Å²) in [5.41, 5.74) is 3.42. The van der Waals surface area contributed by atoms with Gasteiger partial charge in [0.05, 0.1) is 0 Å². The van der Waals surface area contributed by atoms with E-state index in [-0.39, 0.29) is 6.23 Å². The second-order valence-corrected chi connectivity index (χ2v) is 6.30. The number of nitrogens with zero attached hydrogens (tertiary/aromatic N) is 4. The Kier molecular flexibility index (Phi) is 4.30. The van der Waals surface area contributed by atoms with Crippen LogP contribution in [0.1, 0.15) is 11.8 Å². The van der Waals surface area contributed by atoms with Gasteiger partial charge in [-0.2, -0.15) is 4.98 Å². The zero-order valence-corrected chi connectivity index (χ0v) is 14.1. The van der Waals surface area contributed by atoms with Gasteiger partial charge in [0.2, 0.25) is 11.0 Å². The third-order valence-corrected chi connectivity index (χ3v) is 4.51. The molecule has 124 valence electrons. The molecular weight excluding hydrogens is 334 g/mol. The van der Waals surface area contributed by atoms with Crippen molar-refractivity contribution in [1.29, 1.82) is 0 Å². The highest BCUT2D eigenvalue weighted by molar-refractivity contribution is 7.99. The second kappa shape index (κ2) is 6.90. The lowest BCUT2D eigenvalue weighted by Gasteiger charge is -2.19. The molecule has 0 spiro atoms. The van der Waals surface area contributed by atoms with Gasteiger partial charge < -0.3 is 10.1 Å². The summed E-state index contributed by atoms with van der Waals surface area (Å²) in [4.78, 5) is 8.62. The number of ether oxygens (including phenoxy) is 1. The van der Waals surface area contributed by atoms with Crippen LogP contribution in [0.2, 0.25) is 0 Å². The molecule has 1 aliphatic heterocycles. The summed E-state index contributed by atoms with van der Waals surface area (Å²) in [6.07, 6.45) is 4.89. The Hall–Kier alpha value is -2.93. The molecular formula is C18H15N5OS. The first-order valence-corrected chi connectivity index (χ1v) is 8.74. The van der Waals surface area contributed by atoms with Crippen molar-refractivity contribution < 1.29 is 4.74 Å². The monoisotopic (exact) mass is 349 g/mol. The van der Waals surface area contributed by atoms with Gasteiger partial charge in [-0.25, -0.2) is 0 Å². The number of anilines is 1. The third kappa shape index (κ3) is 3.18. The summed E-state index contributed by atoms with van der Waals surface area (Å²) in [5, 5.41) is 12.5. The molecule has 0 amide bonds. The lowest BCUT2D eigenvalue weighted by atomic mass is 10.1. The molecule has 0 aliphatic carbocycles. The number of nitrogens with one attached hydrogen (secondary N) is 1. The Balaban J connectivity index is 1.80. The average molecular weight is 349 g/mol. The Morgan fingerprint density at radius 3 is 2.84 bits per heavy atom. The SMILES string of the molecule is C=CCSc1nnc2c(n1)OC(c1ccncc1)Nc1ccccc1-2. The smallest absolute Gasteiger partial charge is 0.247 e. The van der Waals surface area contributed by atoms with Crippen LogP contribution < -0.4 is 10.1 Å². The van der Waals surface area contributed by atoms with Crippen LogP contribution in [0.25, 0.3) is 11.3 Å². The fraction of sp³-hybridized carbons (Fsp3) is 0.111. The molecule has 2 aromatic heterocycles. The highest BCUT2D eigenvalue weighted by atomic mass is 32.2. The van der Waals surface area contributed by atoms with E-state index in [1.807, 2.05) is 36.4 Å². The Morgan fingerprint density at radius 2 is 2.00 bits per heavy atom. The molecule has 3 heterocycles. The van der Waals surface area contributed by atoms with Gasteiger partial charge in [0, 0.05) is 35.0 Å². The number of hydrogen-bond acceptors (Lipinski definition) is 7. The number of aromatic nitrogens is 4. The fourth-order valence-electron chi connectivity index (χ4n) is 2.53. The van der Waals surface area contributed by atoms with Crippen LogP contribution >= 0.6 is 11.8 Å². The van der Waals surface area contributed by atoms with E-state index in [9.17, 15) is 0 Å². The fourth-order valence-corrected chi connectivity index (χ4v) is 3.04. The number of rotatable bonds is 4. The van der Waals surface area contributed by atoms with Gasteiger partial charge in [-0.15, -0.1) is 16.8 Å². The van der Waals surface area contributed by atoms with Gasteiger partial charge >= 0.3 is 0 Å². The van der Waals surface area contributed by atoms with E-state index in [2.05, 4.69) is 32.1 Å². The Bertz CT molecular complexity index is 903. The van der Waals surface area contributed by atoms with Crippen LogP contribution in [0, 0.1) is 0 Å². The van der Waals surface area contributed by atoms with Crippen molar-refractivity contribution in [3.8, 4) is 17.1 Å². The normalized spacial score (nSPS) is 15.1. The van der Waals surface area contributed by atoms with Gasteiger partial charge in [0.1, 0.15) is 0 Å². The zero-order chi connectivity index (χ0) is 17.1. The zero-order valence-electron chi connectivity index (χ0n) is 13.3. The van der Waals surface area contributed by atoms with E-state index < -0.39 is 0 Å². The molecule has 0 fully saturated rings. The molecule has 0 saturated carbocycles. The molecule has 0 saturated heterocycles. The summed E-state index contributed by atoms with van der Waals surface area (Å²) >= 11 is 1.47. The van der Waals surface area contributed by atoms with Crippen LogP contribution in [0.5, 0.6) is 5.88 Å². The molecule has 4 rings (SSSR count). The molecule has 1 aromatic carbocycles. The minimum absolute atomic E-state index is 0.389. The minimum Gasteiger partial charge on any atom is -0.448 e. The summed E-state index contributed by atoms with van der Waals surface area (Å²) < 4.78 is 6.15. The largest absolute Gasteiger partial charge is 0.448 e. The van der Waals surface area contributed by atoms with E-state index >= 15 is 0 Å². The molecule has 7 heteroatoms. The minimum atomic E-state index is -0.389. The molecule has 6 nitrogen and oxygen atoms in total. The second-order valence-electron chi connectivity index (χ2n) is 5.32. The molecule has 1 atom stereocenters. The molecule has 3 aromatic rings. The van der Waals surface area contributed by atoms with E-state index in [4.69, 9.17) is 4.74 Å². The quantitative estimate of drug-likeness (QED) is 0.568. The van der Waals surface area contributed by atoms with E-state index in [1.54, 1.807) is 18.5 Å². The molecule has 25 heavy (non-hydrogen) atoms. The lowest BCUT2D eigenvalue weighted by molar-refractivity contribution is 0.225. The van der Waals surface area contributed by atoms with Crippen molar-refractivity contribution in [3.05, 3.63) is 67.0 Å². The number of benzene rings is 1.